The van der Waals surface area contributed by atoms with Crippen molar-refractivity contribution in [3.8, 4) is 11.5 Å². The summed E-state index contributed by atoms with van der Waals surface area (Å²) in [5.41, 5.74) is 1.82. The molecule has 3 aromatic carbocycles. The average molecular weight is 491 g/mol. The van der Waals surface area contributed by atoms with Gasteiger partial charge in [0, 0.05) is 31.3 Å². The number of nitrogens with one attached hydrogen (secondary N) is 1. The van der Waals surface area contributed by atoms with E-state index in [2.05, 4.69) is 5.32 Å². The van der Waals surface area contributed by atoms with Gasteiger partial charge in [0.15, 0.2) is 0 Å². The molecule has 6 nitrogen and oxygen atoms in total. The number of piperidine rings is 1. The summed E-state index contributed by atoms with van der Waals surface area (Å²) in [6.07, 6.45) is 1.23. The van der Waals surface area contributed by atoms with E-state index in [0.29, 0.717) is 44.0 Å². The second-order valence-electron chi connectivity index (χ2n) is 8.99. The Kier molecular flexibility index (Phi) is 7.88. The van der Waals surface area contributed by atoms with Crippen LogP contribution in [0.1, 0.15) is 29.5 Å². The zero-order valence-electron chi connectivity index (χ0n) is 20.6. The number of ether oxygens (including phenoxy) is 2. The molecule has 0 unspecified atom stereocenters. The van der Waals surface area contributed by atoms with Gasteiger partial charge in [0.25, 0.3) is 0 Å². The van der Waals surface area contributed by atoms with E-state index in [1.807, 2.05) is 42.5 Å². The molecule has 7 heteroatoms. The van der Waals surface area contributed by atoms with E-state index in [-0.39, 0.29) is 24.1 Å². The lowest BCUT2D eigenvalue weighted by Gasteiger charge is -2.41. The van der Waals surface area contributed by atoms with Crippen LogP contribution in [0, 0.1) is 5.82 Å². The molecule has 0 spiro atoms. The third kappa shape index (κ3) is 5.51. The lowest BCUT2D eigenvalue weighted by Crippen LogP contribution is -2.53. The summed E-state index contributed by atoms with van der Waals surface area (Å²) < 4.78 is 23.9. The van der Waals surface area contributed by atoms with Gasteiger partial charge in [0.2, 0.25) is 11.8 Å². The first-order chi connectivity index (χ1) is 17.4. The van der Waals surface area contributed by atoms with Crippen molar-refractivity contribution in [2.24, 2.45) is 0 Å². The number of hydrogen-bond acceptors (Lipinski definition) is 4. The monoisotopic (exact) mass is 490 g/mol. The van der Waals surface area contributed by atoms with E-state index < -0.39 is 5.41 Å². The highest BCUT2D eigenvalue weighted by atomic mass is 19.1. The van der Waals surface area contributed by atoms with Crippen LogP contribution in [0.25, 0.3) is 0 Å². The minimum Gasteiger partial charge on any atom is -0.497 e. The smallest absolute Gasteiger partial charge is 0.231 e. The third-order valence-electron chi connectivity index (χ3n) is 6.93. The van der Waals surface area contributed by atoms with Gasteiger partial charge in [-0.1, -0.05) is 42.5 Å². The fraction of sp³-hybridized carbons (Fsp3) is 0.310. The Morgan fingerprint density at radius 1 is 0.944 bits per heavy atom. The molecule has 4 rings (SSSR count). The van der Waals surface area contributed by atoms with Gasteiger partial charge in [0.1, 0.15) is 17.3 Å². The van der Waals surface area contributed by atoms with Crippen molar-refractivity contribution in [1.82, 2.24) is 10.2 Å². The number of rotatable bonds is 8. The molecule has 188 valence electrons. The Labute approximate surface area is 211 Å². The van der Waals surface area contributed by atoms with Crippen LogP contribution in [0.15, 0.2) is 72.8 Å². The molecular weight excluding hydrogens is 459 g/mol. The number of nitrogens with zero attached hydrogens (tertiary/aromatic N) is 1. The minimum atomic E-state index is -0.742. The van der Waals surface area contributed by atoms with E-state index in [1.165, 1.54) is 12.1 Å². The fourth-order valence-electron chi connectivity index (χ4n) is 4.77. The largest absolute Gasteiger partial charge is 0.497 e. The maximum absolute atomic E-state index is 13.7. The van der Waals surface area contributed by atoms with Crippen molar-refractivity contribution in [2.45, 2.75) is 31.2 Å². The quantitative estimate of drug-likeness (QED) is 0.512. The first-order valence-electron chi connectivity index (χ1n) is 12.0. The molecule has 0 aromatic heterocycles. The summed E-state index contributed by atoms with van der Waals surface area (Å²) in [5, 5.41) is 3.11. The van der Waals surface area contributed by atoms with Crippen molar-refractivity contribution in [3.63, 3.8) is 0 Å². The second-order valence-corrected chi connectivity index (χ2v) is 8.99. The molecule has 3 aromatic rings. The van der Waals surface area contributed by atoms with E-state index in [1.54, 1.807) is 37.3 Å². The highest BCUT2D eigenvalue weighted by molar-refractivity contribution is 5.89. The van der Waals surface area contributed by atoms with Crippen molar-refractivity contribution >= 4 is 11.8 Å². The molecule has 1 heterocycles. The van der Waals surface area contributed by atoms with E-state index >= 15 is 0 Å². The molecule has 1 aliphatic heterocycles. The maximum atomic E-state index is 13.7. The average Bonchev–Trinajstić information content (AvgIpc) is 2.93. The summed E-state index contributed by atoms with van der Waals surface area (Å²) in [6.45, 7) is 1.25. The van der Waals surface area contributed by atoms with Gasteiger partial charge in [-0.25, -0.2) is 4.39 Å². The summed E-state index contributed by atoms with van der Waals surface area (Å²) >= 11 is 0. The molecule has 2 amide bonds. The number of carbonyl (C=O) groups is 2. The predicted molar refractivity (Wildman–Crippen MR) is 135 cm³/mol. The normalized spacial score (nSPS) is 14.7. The number of halogens is 1. The number of hydrogen-bond donors (Lipinski definition) is 1. The van der Waals surface area contributed by atoms with Crippen LogP contribution in [0.5, 0.6) is 11.5 Å². The van der Waals surface area contributed by atoms with Gasteiger partial charge in [-0.2, -0.15) is 0 Å². The molecule has 0 aliphatic carbocycles. The number of amides is 2. The third-order valence-corrected chi connectivity index (χ3v) is 6.93. The Balaban J connectivity index is 1.47. The lowest BCUT2D eigenvalue weighted by molar-refractivity contribution is -0.136. The Morgan fingerprint density at radius 2 is 1.64 bits per heavy atom. The minimum absolute atomic E-state index is 0.0216. The van der Waals surface area contributed by atoms with E-state index in [9.17, 15) is 14.0 Å². The summed E-state index contributed by atoms with van der Waals surface area (Å²) in [7, 11) is 3.18. The van der Waals surface area contributed by atoms with Crippen LogP contribution in [0.2, 0.25) is 0 Å². The van der Waals surface area contributed by atoms with Crippen LogP contribution in [0.3, 0.4) is 0 Å². The van der Waals surface area contributed by atoms with Gasteiger partial charge >= 0.3 is 0 Å². The zero-order chi connectivity index (χ0) is 25.5. The molecule has 1 aliphatic rings. The Hall–Kier alpha value is -3.87. The summed E-state index contributed by atoms with van der Waals surface area (Å²) in [5.74, 6) is 0.906. The number of likely N-dealkylation sites (tertiary alicyclic amines) is 1. The van der Waals surface area contributed by atoms with E-state index in [4.69, 9.17) is 9.47 Å². The van der Waals surface area contributed by atoms with E-state index in [0.717, 1.165) is 16.7 Å². The molecule has 0 saturated carbocycles. The molecule has 1 saturated heterocycles. The summed E-state index contributed by atoms with van der Waals surface area (Å²) in [4.78, 5) is 28.4. The predicted octanol–water partition coefficient (Wildman–Crippen LogP) is 4.26. The van der Waals surface area contributed by atoms with Crippen LogP contribution >= 0.6 is 0 Å². The highest BCUT2D eigenvalue weighted by Crippen LogP contribution is 2.36. The van der Waals surface area contributed by atoms with Crippen molar-refractivity contribution < 1.29 is 23.5 Å². The molecular formula is C29H31FN2O4. The number of methoxy groups -OCH3 is 2. The first kappa shape index (κ1) is 25.2. The Bertz CT molecular complexity index is 1190. The van der Waals surface area contributed by atoms with Crippen molar-refractivity contribution in [1.29, 1.82) is 0 Å². The molecule has 0 radical (unpaired) electrons. The Morgan fingerprint density at radius 3 is 2.28 bits per heavy atom. The first-order valence-corrected chi connectivity index (χ1v) is 12.0. The fourth-order valence-corrected chi connectivity index (χ4v) is 4.77. The standard InChI is InChI=1S/C29H31FN2O4/c1-35-25-13-10-22(26(19-25)36-2)20-31-28(34)29(23-6-4-3-5-7-23)14-16-32(17-15-29)27(33)18-21-8-11-24(30)12-9-21/h3-13,19H,14-18,20H2,1-2H3,(H,31,34). The zero-order valence-corrected chi connectivity index (χ0v) is 20.6. The summed E-state index contributed by atoms with van der Waals surface area (Å²) in [6, 6.07) is 21.2. The topological polar surface area (TPSA) is 67.9 Å². The highest BCUT2D eigenvalue weighted by Gasteiger charge is 2.43. The van der Waals surface area contributed by atoms with Gasteiger partial charge in [-0.05, 0) is 48.2 Å². The maximum Gasteiger partial charge on any atom is 0.231 e. The van der Waals surface area contributed by atoms with Crippen LogP contribution < -0.4 is 14.8 Å². The molecule has 1 fully saturated rings. The molecule has 1 N–H and O–H groups in total. The lowest BCUT2D eigenvalue weighted by atomic mass is 9.72. The SMILES string of the molecule is COc1ccc(CNC(=O)C2(c3ccccc3)CCN(C(=O)Cc3ccc(F)cc3)CC2)c(OC)c1. The van der Waals surface area contributed by atoms with Gasteiger partial charge in [0.05, 0.1) is 26.1 Å². The molecule has 0 bridgehead atoms. The van der Waals surface area contributed by atoms with Gasteiger partial charge in [-0.3, -0.25) is 9.59 Å². The number of benzene rings is 3. The van der Waals surface area contributed by atoms with Crippen LogP contribution in [0.4, 0.5) is 4.39 Å². The number of carbonyl (C=O) groups excluding carboxylic acids is 2. The van der Waals surface area contributed by atoms with Crippen LogP contribution in [-0.4, -0.2) is 44.0 Å². The van der Waals surface area contributed by atoms with Crippen molar-refractivity contribution in [2.75, 3.05) is 27.3 Å². The van der Waals surface area contributed by atoms with Gasteiger partial charge in [-0.15, -0.1) is 0 Å². The van der Waals surface area contributed by atoms with Crippen LogP contribution in [-0.2, 0) is 28.0 Å². The molecule has 36 heavy (non-hydrogen) atoms. The van der Waals surface area contributed by atoms with Gasteiger partial charge < -0.3 is 19.7 Å². The second kappa shape index (κ2) is 11.2. The van der Waals surface area contributed by atoms with Crippen molar-refractivity contribution in [3.05, 3.63) is 95.3 Å². The molecule has 0 atom stereocenters.